The Morgan fingerprint density at radius 2 is 1.55 bits per heavy atom. The van der Waals surface area contributed by atoms with Crippen molar-refractivity contribution in [1.29, 1.82) is 0 Å². The summed E-state index contributed by atoms with van der Waals surface area (Å²) in [5, 5.41) is 5.21. The van der Waals surface area contributed by atoms with Crippen LogP contribution in [0.5, 0.6) is 0 Å². The van der Waals surface area contributed by atoms with Crippen molar-refractivity contribution in [3.8, 4) is 0 Å². The fourth-order valence-electron chi connectivity index (χ4n) is 4.01. The first-order valence-corrected chi connectivity index (χ1v) is 10.3. The van der Waals surface area contributed by atoms with Crippen molar-refractivity contribution in [3.05, 3.63) is 83.9 Å². The summed E-state index contributed by atoms with van der Waals surface area (Å²) < 4.78 is 0. The number of carbonyl (C=O) groups excluding carboxylic acids is 2. The van der Waals surface area contributed by atoms with E-state index in [-0.39, 0.29) is 17.9 Å². The van der Waals surface area contributed by atoms with Crippen molar-refractivity contribution in [2.24, 2.45) is 0 Å². The summed E-state index contributed by atoms with van der Waals surface area (Å²) in [5.41, 5.74) is 1.91. The van der Waals surface area contributed by atoms with E-state index in [1.54, 1.807) is 0 Å². The Morgan fingerprint density at radius 3 is 2.34 bits per heavy atom. The second-order valence-electron chi connectivity index (χ2n) is 7.64. The van der Waals surface area contributed by atoms with E-state index < -0.39 is 0 Å². The maximum absolute atomic E-state index is 12.8. The lowest BCUT2D eigenvalue weighted by molar-refractivity contribution is -0.132. The van der Waals surface area contributed by atoms with Crippen LogP contribution in [-0.2, 0) is 11.2 Å². The minimum atomic E-state index is -0.0318. The lowest BCUT2D eigenvalue weighted by Crippen LogP contribution is -2.46. The van der Waals surface area contributed by atoms with Crippen molar-refractivity contribution < 1.29 is 9.59 Å². The Hall–Kier alpha value is -3.14. The molecule has 29 heavy (non-hydrogen) atoms. The summed E-state index contributed by atoms with van der Waals surface area (Å²) in [6.07, 6.45) is 2.91. The highest BCUT2D eigenvalue weighted by Gasteiger charge is 2.24. The number of likely N-dealkylation sites (tertiary alicyclic amines) is 1. The number of hydrogen-bond acceptors (Lipinski definition) is 2. The second kappa shape index (κ2) is 8.91. The van der Waals surface area contributed by atoms with Crippen LogP contribution >= 0.6 is 0 Å². The monoisotopic (exact) mass is 386 g/mol. The van der Waals surface area contributed by atoms with Crippen LogP contribution in [0, 0.1) is 0 Å². The van der Waals surface area contributed by atoms with Crippen LogP contribution in [0.1, 0.15) is 35.2 Å². The van der Waals surface area contributed by atoms with Gasteiger partial charge in [-0.25, -0.2) is 0 Å². The Morgan fingerprint density at radius 1 is 0.862 bits per heavy atom. The first kappa shape index (κ1) is 19.2. The topological polar surface area (TPSA) is 49.4 Å². The molecule has 1 fully saturated rings. The molecule has 0 aliphatic carbocycles. The molecule has 4 rings (SSSR count). The average molecular weight is 386 g/mol. The molecule has 1 saturated heterocycles. The molecule has 0 aromatic heterocycles. The van der Waals surface area contributed by atoms with E-state index in [2.05, 4.69) is 17.4 Å². The van der Waals surface area contributed by atoms with Gasteiger partial charge in [-0.15, -0.1) is 0 Å². The Bertz CT molecular complexity index is 987. The predicted molar refractivity (Wildman–Crippen MR) is 116 cm³/mol. The number of aryl methyl sites for hydroxylation is 1. The van der Waals surface area contributed by atoms with Gasteiger partial charge < -0.3 is 10.2 Å². The normalized spacial score (nSPS) is 14.7. The van der Waals surface area contributed by atoms with Crippen LogP contribution in [0.15, 0.2) is 72.8 Å². The van der Waals surface area contributed by atoms with Crippen molar-refractivity contribution >= 4 is 22.6 Å². The molecule has 0 radical (unpaired) electrons. The minimum absolute atomic E-state index is 0.0318. The zero-order valence-electron chi connectivity index (χ0n) is 16.5. The molecular formula is C25H26N2O2. The maximum atomic E-state index is 12.8. The van der Waals surface area contributed by atoms with Crippen LogP contribution < -0.4 is 5.32 Å². The summed E-state index contributed by atoms with van der Waals surface area (Å²) >= 11 is 0. The van der Waals surface area contributed by atoms with Crippen LogP contribution in [-0.4, -0.2) is 35.8 Å². The van der Waals surface area contributed by atoms with Crippen LogP contribution in [0.4, 0.5) is 0 Å². The summed E-state index contributed by atoms with van der Waals surface area (Å²) in [5.74, 6) is 0.170. The minimum Gasteiger partial charge on any atom is -0.349 e. The fourth-order valence-corrected chi connectivity index (χ4v) is 4.01. The quantitative estimate of drug-likeness (QED) is 0.715. The molecular weight excluding hydrogens is 360 g/mol. The molecule has 0 bridgehead atoms. The number of amides is 2. The summed E-state index contributed by atoms with van der Waals surface area (Å²) in [7, 11) is 0. The van der Waals surface area contributed by atoms with E-state index in [1.807, 2.05) is 65.6 Å². The standard InChI is InChI=1S/C25H26N2O2/c28-24(14-13-19-7-2-1-3-8-19)27-17-15-21(16-18-27)26-25(29)23-12-6-10-20-9-4-5-11-22(20)23/h1-12,21H,13-18H2,(H,26,29). The highest BCUT2D eigenvalue weighted by atomic mass is 16.2. The first-order valence-electron chi connectivity index (χ1n) is 10.3. The number of rotatable bonds is 5. The van der Waals surface area contributed by atoms with Crippen molar-refractivity contribution in [3.63, 3.8) is 0 Å². The van der Waals surface area contributed by atoms with Gasteiger partial charge in [-0.05, 0) is 41.7 Å². The molecule has 1 N–H and O–H groups in total. The molecule has 0 atom stereocenters. The van der Waals surface area contributed by atoms with E-state index in [1.165, 1.54) is 5.56 Å². The van der Waals surface area contributed by atoms with Crippen molar-refractivity contribution in [2.45, 2.75) is 31.7 Å². The zero-order chi connectivity index (χ0) is 20.1. The van der Waals surface area contributed by atoms with Crippen LogP contribution in [0.3, 0.4) is 0 Å². The van der Waals surface area contributed by atoms with Gasteiger partial charge in [-0.3, -0.25) is 9.59 Å². The molecule has 148 valence electrons. The number of nitrogens with one attached hydrogen (secondary N) is 1. The number of nitrogens with zero attached hydrogens (tertiary/aromatic N) is 1. The second-order valence-corrected chi connectivity index (χ2v) is 7.64. The van der Waals surface area contributed by atoms with Gasteiger partial charge in [-0.2, -0.15) is 0 Å². The molecule has 3 aromatic rings. The molecule has 0 spiro atoms. The average Bonchev–Trinajstić information content (AvgIpc) is 2.78. The molecule has 1 aliphatic rings. The van der Waals surface area contributed by atoms with E-state index in [0.717, 1.165) is 30.0 Å². The van der Waals surface area contributed by atoms with Gasteiger partial charge in [0, 0.05) is 31.1 Å². The summed E-state index contributed by atoms with van der Waals surface area (Å²) in [6.45, 7) is 1.40. The number of carbonyl (C=O) groups is 2. The maximum Gasteiger partial charge on any atom is 0.252 e. The smallest absolute Gasteiger partial charge is 0.252 e. The van der Waals surface area contributed by atoms with E-state index in [9.17, 15) is 9.59 Å². The van der Waals surface area contributed by atoms with E-state index in [4.69, 9.17) is 0 Å². The molecule has 4 nitrogen and oxygen atoms in total. The molecule has 2 amide bonds. The van der Waals surface area contributed by atoms with Gasteiger partial charge in [-0.1, -0.05) is 66.7 Å². The van der Waals surface area contributed by atoms with Crippen LogP contribution in [0.25, 0.3) is 10.8 Å². The summed E-state index contributed by atoms with van der Waals surface area (Å²) in [4.78, 5) is 27.3. The van der Waals surface area contributed by atoms with Crippen molar-refractivity contribution in [1.82, 2.24) is 10.2 Å². The molecule has 1 heterocycles. The van der Waals surface area contributed by atoms with E-state index >= 15 is 0 Å². The van der Waals surface area contributed by atoms with Gasteiger partial charge in [0.15, 0.2) is 0 Å². The van der Waals surface area contributed by atoms with Gasteiger partial charge in [0.25, 0.3) is 5.91 Å². The lowest BCUT2D eigenvalue weighted by atomic mass is 10.0. The highest BCUT2D eigenvalue weighted by molar-refractivity contribution is 6.07. The van der Waals surface area contributed by atoms with Gasteiger partial charge in [0.2, 0.25) is 5.91 Å². The third-order valence-electron chi connectivity index (χ3n) is 5.69. The van der Waals surface area contributed by atoms with Gasteiger partial charge in [0.05, 0.1) is 0 Å². The molecule has 4 heteroatoms. The van der Waals surface area contributed by atoms with E-state index in [0.29, 0.717) is 25.1 Å². The van der Waals surface area contributed by atoms with Gasteiger partial charge in [0.1, 0.15) is 0 Å². The SMILES string of the molecule is O=C(NC1CCN(C(=O)CCc2ccccc2)CC1)c1cccc2ccccc12. The number of piperidine rings is 1. The fraction of sp³-hybridized carbons (Fsp3) is 0.280. The number of benzene rings is 3. The molecule has 0 saturated carbocycles. The largest absolute Gasteiger partial charge is 0.349 e. The van der Waals surface area contributed by atoms with Crippen LogP contribution in [0.2, 0.25) is 0 Å². The Balaban J connectivity index is 1.29. The predicted octanol–water partition coefficient (Wildman–Crippen LogP) is 4.19. The highest BCUT2D eigenvalue weighted by Crippen LogP contribution is 2.19. The summed E-state index contributed by atoms with van der Waals surface area (Å²) in [6, 6.07) is 24.0. The Kier molecular flexibility index (Phi) is 5.89. The lowest BCUT2D eigenvalue weighted by Gasteiger charge is -2.32. The third kappa shape index (κ3) is 4.65. The molecule has 1 aliphatic heterocycles. The first-order chi connectivity index (χ1) is 14.2. The third-order valence-corrected chi connectivity index (χ3v) is 5.69. The Labute approximate surface area is 171 Å². The zero-order valence-corrected chi connectivity index (χ0v) is 16.5. The molecule has 0 unspecified atom stereocenters. The van der Waals surface area contributed by atoms with Gasteiger partial charge >= 0.3 is 0 Å². The number of fused-ring (bicyclic) bond motifs is 1. The van der Waals surface area contributed by atoms with Crippen molar-refractivity contribution in [2.75, 3.05) is 13.1 Å². The number of hydrogen-bond donors (Lipinski definition) is 1. The molecule has 3 aromatic carbocycles.